The predicted molar refractivity (Wildman–Crippen MR) is 225 cm³/mol. The molecule has 4 nitrogen and oxygen atoms in total. The smallest absolute Gasteiger partial charge is 0.162 e. The van der Waals surface area contributed by atoms with Crippen LogP contribution < -0.4 is 0 Å². The maximum Gasteiger partial charge on any atom is 0.162 e. The zero-order chi connectivity index (χ0) is 35.7. The second-order valence-electron chi connectivity index (χ2n) is 15.0. The normalized spacial score (nSPS) is 13.5. The number of para-hydroxylation sites is 2. The van der Waals surface area contributed by atoms with Gasteiger partial charge in [-0.3, -0.25) is 4.57 Å². The Morgan fingerprint density at radius 2 is 1.26 bits per heavy atom. The molecule has 11 aromatic rings. The molecular formula is C49H31N3OS. The number of rotatable bonds is 3. The van der Waals surface area contributed by atoms with Crippen LogP contribution in [0.1, 0.15) is 25.0 Å². The summed E-state index contributed by atoms with van der Waals surface area (Å²) in [6.07, 6.45) is 0. The molecule has 0 aliphatic heterocycles. The fourth-order valence-electron chi connectivity index (χ4n) is 9.08. The standard InChI is InChI=1S/C49H31N3OS/c1-49(2)37-17-7-3-12-29(37)34-25-35-30-13-4-8-18-40(30)52(41(35)26-38(34)49)46-27-39(32-16-11-20-43-47(32)33-15-5-9-19-42(33)53-43)50-48(51-46)28-22-23-45-36(24-28)31-14-6-10-21-44(31)54-45/h3-27H,1-2H3. The van der Waals surface area contributed by atoms with Crippen molar-refractivity contribution in [2.75, 3.05) is 0 Å². The van der Waals surface area contributed by atoms with E-state index in [2.05, 4.69) is 152 Å². The van der Waals surface area contributed by atoms with E-state index in [1.54, 1.807) is 0 Å². The highest BCUT2D eigenvalue weighted by Gasteiger charge is 2.36. The predicted octanol–water partition coefficient (Wildman–Crippen LogP) is 13.5. The Balaban J connectivity index is 1.18. The van der Waals surface area contributed by atoms with Crippen molar-refractivity contribution in [1.29, 1.82) is 0 Å². The summed E-state index contributed by atoms with van der Waals surface area (Å²) in [6.45, 7) is 4.69. The molecule has 0 fully saturated rings. The molecule has 0 N–H and O–H groups in total. The summed E-state index contributed by atoms with van der Waals surface area (Å²) >= 11 is 1.82. The third-order valence-corrected chi connectivity index (χ3v) is 12.8. The van der Waals surface area contributed by atoms with Crippen molar-refractivity contribution >= 4 is 75.3 Å². The third kappa shape index (κ3) is 4.07. The minimum Gasteiger partial charge on any atom is -0.456 e. The van der Waals surface area contributed by atoms with Crippen molar-refractivity contribution in [1.82, 2.24) is 14.5 Å². The summed E-state index contributed by atoms with van der Waals surface area (Å²) < 4.78 is 11.3. The van der Waals surface area contributed by atoms with Gasteiger partial charge >= 0.3 is 0 Å². The van der Waals surface area contributed by atoms with Gasteiger partial charge in [0.1, 0.15) is 17.0 Å². The molecule has 0 unspecified atom stereocenters. The molecule has 7 aromatic carbocycles. The van der Waals surface area contributed by atoms with E-state index < -0.39 is 0 Å². The van der Waals surface area contributed by atoms with Crippen LogP contribution in [-0.4, -0.2) is 14.5 Å². The van der Waals surface area contributed by atoms with Crippen molar-refractivity contribution in [3.8, 4) is 39.6 Å². The first-order chi connectivity index (χ1) is 26.5. The van der Waals surface area contributed by atoms with Gasteiger partial charge in [0, 0.05) is 64.3 Å². The molecule has 0 amide bonds. The van der Waals surface area contributed by atoms with Crippen LogP contribution in [0.25, 0.3) is 104 Å². The van der Waals surface area contributed by atoms with Gasteiger partial charge in [0.25, 0.3) is 0 Å². The average Bonchev–Trinajstić information content (AvgIpc) is 3.93. The van der Waals surface area contributed by atoms with Crippen LogP contribution in [0.5, 0.6) is 0 Å². The van der Waals surface area contributed by atoms with E-state index in [1.165, 1.54) is 53.2 Å². The van der Waals surface area contributed by atoms with Crippen LogP contribution in [0.15, 0.2) is 156 Å². The van der Waals surface area contributed by atoms with E-state index in [4.69, 9.17) is 14.4 Å². The highest BCUT2D eigenvalue weighted by molar-refractivity contribution is 7.25. The summed E-state index contributed by atoms with van der Waals surface area (Å²) in [6, 6.07) is 54.4. The number of thiophene rings is 1. The molecule has 1 aliphatic carbocycles. The number of nitrogens with zero attached hydrogens (tertiary/aromatic N) is 3. The molecule has 5 heteroatoms. The van der Waals surface area contributed by atoms with Gasteiger partial charge in [-0.2, -0.15) is 0 Å². The van der Waals surface area contributed by atoms with Crippen LogP contribution in [0.4, 0.5) is 0 Å². The van der Waals surface area contributed by atoms with Crippen LogP contribution in [0.3, 0.4) is 0 Å². The van der Waals surface area contributed by atoms with Gasteiger partial charge < -0.3 is 4.42 Å². The van der Waals surface area contributed by atoms with E-state index in [0.29, 0.717) is 5.82 Å². The zero-order valence-electron chi connectivity index (χ0n) is 29.6. The molecule has 1 aliphatic rings. The maximum atomic E-state index is 6.37. The lowest BCUT2D eigenvalue weighted by Gasteiger charge is -2.21. The van der Waals surface area contributed by atoms with Gasteiger partial charge in [-0.25, -0.2) is 9.97 Å². The number of hydrogen-bond acceptors (Lipinski definition) is 4. The molecule has 54 heavy (non-hydrogen) atoms. The molecule has 0 spiro atoms. The van der Waals surface area contributed by atoms with Crippen molar-refractivity contribution in [2.24, 2.45) is 0 Å². The molecule has 4 aromatic heterocycles. The second-order valence-corrected chi connectivity index (χ2v) is 16.0. The van der Waals surface area contributed by atoms with Gasteiger partial charge in [-0.15, -0.1) is 11.3 Å². The molecule has 4 heterocycles. The Hall–Kier alpha value is -6.56. The van der Waals surface area contributed by atoms with E-state index in [9.17, 15) is 0 Å². The van der Waals surface area contributed by atoms with Crippen LogP contribution in [0.2, 0.25) is 0 Å². The fourth-order valence-corrected chi connectivity index (χ4v) is 10.2. The second kappa shape index (κ2) is 10.8. The molecule has 0 saturated carbocycles. The summed E-state index contributed by atoms with van der Waals surface area (Å²) in [5.74, 6) is 1.51. The third-order valence-electron chi connectivity index (χ3n) is 11.6. The lowest BCUT2D eigenvalue weighted by atomic mass is 9.82. The van der Waals surface area contributed by atoms with Gasteiger partial charge in [0.15, 0.2) is 5.82 Å². The van der Waals surface area contributed by atoms with Crippen LogP contribution in [-0.2, 0) is 5.41 Å². The first-order valence-corrected chi connectivity index (χ1v) is 19.2. The van der Waals surface area contributed by atoms with E-state index in [0.717, 1.165) is 55.6 Å². The first-order valence-electron chi connectivity index (χ1n) is 18.4. The quantitative estimate of drug-likeness (QED) is 0.183. The summed E-state index contributed by atoms with van der Waals surface area (Å²) in [5, 5.41) is 7.03. The number of hydrogen-bond donors (Lipinski definition) is 0. The first kappa shape index (κ1) is 30.0. The monoisotopic (exact) mass is 709 g/mol. The van der Waals surface area contributed by atoms with Gasteiger partial charge in [-0.1, -0.05) is 105 Å². The molecular weight excluding hydrogens is 679 g/mol. The van der Waals surface area contributed by atoms with E-state index >= 15 is 0 Å². The Kier molecular flexibility index (Phi) is 5.96. The Morgan fingerprint density at radius 3 is 2.19 bits per heavy atom. The maximum absolute atomic E-state index is 6.37. The molecule has 0 atom stereocenters. The van der Waals surface area contributed by atoms with Crippen LogP contribution >= 0.6 is 11.3 Å². The lowest BCUT2D eigenvalue weighted by Crippen LogP contribution is -2.15. The summed E-state index contributed by atoms with van der Waals surface area (Å²) in [5.41, 5.74) is 12.0. The number of aromatic nitrogens is 3. The zero-order valence-corrected chi connectivity index (χ0v) is 30.4. The summed E-state index contributed by atoms with van der Waals surface area (Å²) in [4.78, 5) is 10.9. The summed E-state index contributed by atoms with van der Waals surface area (Å²) in [7, 11) is 0. The number of fused-ring (bicyclic) bond motifs is 12. The highest BCUT2D eigenvalue weighted by Crippen LogP contribution is 2.51. The van der Waals surface area contributed by atoms with E-state index in [-0.39, 0.29) is 5.41 Å². The Bertz CT molecular complexity index is 3380. The van der Waals surface area contributed by atoms with Crippen molar-refractivity contribution < 1.29 is 4.42 Å². The number of furan rings is 1. The molecule has 0 bridgehead atoms. The van der Waals surface area contributed by atoms with Gasteiger partial charge in [0.05, 0.1) is 16.7 Å². The minimum atomic E-state index is -0.139. The molecule has 12 rings (SSSR count). The van der Waals surface area contributed by atoms with E-state index in [1.807, 2.05) is 29.5 Å². The fraction of sp³-hybridized carbons (Fsp3) is 0.0612. The van der Waals surface area contributed by atoms with Gasteiger partial charge in [-0.05, 0) is 76.9 Å². The lowest BCUT2D eigenvalue weighted by molar-refractivity contribution is 0.661. The Morgan fingerprint density at radius 1 is 0.519 bits per heavy atom. The highest BCUT2D eigenvalue weighted by atomic mass is 32.1. The molecule has 254 valence electrons. The molecule has 0 radical (unpaired) electrons. The average molecular weight is 710 g/mol. The largest absolute Gasteiger partial charge is 0.456 e. The van der Waals surface area contributed by atoms with Crippen molar-refractivity contribution in [2.45, 2.75) is 19.3 Å². The topological polar surface area (TPSA) is 43.9 Å². The number of benzene rings is 7. The van der Waals surface area contributed by atoms with Crippen LogP contribution in [0, 0.1) is 0 Å². The van der Waals surface area contributed by atoms with Gasteiger partial charge in [0.2, 0.25) is 0 Å². The Labute approximate surface area is 314 Å². The van der Waals surface area contributed by atoms with Crippen molar-refractivity contribution in [3.63, 3.8) is 0 Å². The SMILES string of the molecule is CC1(C)c2ccccc2-c2cc3c4ccccc4n(-c4cc(-c5cccc6oc7ccccc7c56)nc(-c5ccc6sc7ccccc7c6c5)n4)c3cc21. The molecule has 0 saturated heterocycles. The minimum absolute atomic E-state index is 0.139. The van der Waals surface area contributed by atoms with Crippen molar-refractivity contribution in [3.05, 3.63) is 163 Å².